The molecule has 0 aliphatic carbocycles. The summed E-state index contributed by atoms with van der Waals surface area (Å²) in [6, 6.07) is -0.197. The molecule has 110 valence electrons. The van der Waals surface area contributed by atoms with Crippen molar-refractivity contribution in [1.82, 2.24) is 9.80 Å². The summed E-state index contributed by atoms with van der Waals surface area (Å²) in [5.74, 6) is -0.669. The Balaban J connectivity index is 2.44. The maximum Gasteiger partial charge on any atom is 0.320 e. The number of nitrogens with zero attached hydrogens (tertiary/aromatic N) is 2. The molecule has 7 heteroatoms. The van der Waals surface area contributed by atoms with Crippen LogP contribution < -0.4 is 0 Å². The highest BCUT2D eigenvalue weighted by atomic mass is 16.4. The number of aliphatic carboxylic acids is 1. The third kappa shape index (κ3) is 5.04. The molecule has 0 aromatic rings. The summed E-state index contributed by atoms with van der Waals surface area (Å²) >= 11 is 0. The Morgan fingerprint density at radius 3 is 2.05 bits per heavy atom. The van der Waals surface area contributed by atoms with E-state index in [1.165, 1.54) is 4.90 Å². The first-order valence-electron chi connectivity index (χ1n) is 6.55. The van der Waals surface area contributed by atoms with Crippen LogP contribution in [0.2, 0.25) is 0 Å². The van der Waals surface area contributed by atoms with Crippen LogP contribution in [0.5, 0.6) is 0 Å². The summed E-state index contributed by atoms with van der Waals surface area (Å²) in [5, 5.41) is 26.5. The molecule has 0 unspecified atom stereocenters. The topological polar surface area (TPSA) is 101 Å². The molecule has 1 rings (SSSR count). The lowest BCUT2D eigenvalue weighted by Gasteiger charge is -2.35. The molecule has 0 spiro atoms. The van der Waals surface area contributed by atoms with Gasteiger partial charge in [-0.25, -0.2) is 4.79 Å². The van der Waals surface area contributed by atoms with Crippen LogP contribution in [-0.2, 0) is 4.79 Å². The van der Waals surface area contributed by atoms with Gasteiger partial charge in [0.25, 0.3) is 0 Å². The van der Waals surface area contributed by atoms with Crippen molar-refractivity contribution in [2.75, 3.05) is 39.4 Å². The first kappa shape index (κ1) is 15.7. The number of hydrogen-bond donors (Lipinski definition) is 3. The van der Waals surface area contributed by atoms with E-state index in [1.54, 1.807) is 4.90 Å². The van der Waals surface area contributed by atoms with Gasteiger partial charge in [-0.15, -0.1) is 0 Å². The van der Waals surface area contributed by atoms with Crippen LogP contribution in [0.4, 0.5) is 4.79 Å². The fourth-order valence-electron chi connectivity index (χ4n) is 2.32. The van der Waals surface area contributed by atoms with E-state index >= 15 is 0 Å². The number of amides is 2. The molecule has 0 atom stereocenters. The van der Waals surface area contributed by atoms with Gasteiger partial charge in [0, 0.05) is 32.6 Å². The number of aliphatic hydroxyl groups excluding tert-OH is 2. The summed E-state index contributed by atoms with van der Waals surface area (Å²) in [7, 11) is 0. The average molecular weight is 274 g/mol. The Bertz CT molecular complexity index is 296. The van der Waals surface area contributed by atoms with Crippen LogP contribution in [0, 0.1) is 5.92 Å². The van der Waals surface area contributed by atoms with E-state index < -0.39 is 5.97 Å². The van der Waals surface area contributed by atoms with Crippen molar-refractivity contribution in [3.8, 4) is 0 Å². The Kier molecular flexibility index (Phi) is 6.58. The first-order valence-corrected chi connectivity index (χ1v) is 6.55. The van der Waals surface area contributed by atoms with Gasteiger partial charge in [0.1, 0.15) is 0 Å². The monoisotopic (exact) mass is 274 g/mol. The van der Waals surface area contributed by atoms with E-state index in [4.69, 9.17) is 15.3 Å². The number of aliphatic hydroxyl groups is 2. The Morgan fingerprint density at radius 2 is 1.63 bits per heavy atom. The smallest absolute Gasteiger partial charge is 0.320 e. The van der Waals surface area contributed by atoms with Gasteiger partial charge in [0.05, 0.1) is 13.2 Å². The second-order valence-electron chi connectivity index (χ2n) is 4.75. The third-order valence-electron chi connectivity index (χ3n) is 3.36. The van der Waals surface area contributed by atoms with Gasteiger partial charge in [-0.05, 0) is 18.8 Å². The van der Waals surface area contributed by atoms with Gasteiger partial charge in [0.15, 0.2) is 0 Å². The minimum atomic E-state index is -0.799. The summed E-state index contributed by atoms with van der Waals surface area (Å²) in [5.41, 5.74) is 0. The number of urea groups is 1. The molecular formula is C12H22N2O5. The third-order valence-corrected chi connectivity index (χ3v) is 3.36. The summed E-state index contributed by atoms with van der Waals surface area (Å²) in [6.45, 7) is 1.19. The molecular weight excluding hydrogens is 252 g/mol. The van der Waals surface area contributed by atoms with Crippen molar-refractivity contribution in [3.63, 3.8) is 0 Å². The minimum absolute atomic E-state index is 0.130. The van der Waals surface area contributed by atoms with Crippen LogP contribution >= 0.6 is 0 Å². The largest absolute Gasteiger partial charge is 0.481 e. The second kappa shape index (κ2) is 7.96. The molecule has 7 nitrogen and oxygen atoms in total. The van der Waals surface area contributed by atoms with Crippen LogP contribution in [-0.4, -0.2) is 76.5 Å². The lowest BCUT2D eigenvalue weighted by Crippen LogP contribution is -2.48. The van der Waals surface area contributed by atoms with Crippen LogP contribution in [0.1, 0.15) is 19.3 Å². The Labute approximate surface area is 112 Å². The quantitative estimate of drug-likeness (QED) is 0.610. The van der Waals surface area contributed by atoms with E-state index in [9.17, 15) is 9.59 Å². The van der Waals surface area contributed by atoms with Gasteiger partial charge in [0.2, 0.25) is 0 Å². The highest BCUT2D eigenvalue weighted by Crippen LogP contribution is 2.21. The molecule has 2 amide bonds. The maximum absolute atomic E-state index is 12.1. The van der Waals surface area contributed by atoms with Crippen molar-refractivity contribution in [2.24, 2.45) is 5.92 Å². The number of hydrogen-bond acceptors (Lipinski definition) is 4. The molecule has 1 fully saturated rings. The van der Waals surface area contributed by atoms with E-state index in [-0.39, 0.29) is 44.7 Å². The SMILES string of the molecule is O=C(O)CC1CCN(C(=O)N(CCO)CCO)CC1. The molecule has 0 bridgehead atoms. The zero-order chi connectivity index (χ0) is 14.3. The summed E-state index contributed by atoms with van der Waals surface area (Å²) in [4.78, 5) is 25.8. The van der Waals surface area contributed by atoms with E-state index in [2.05, 4.69) is 0 Å². The van der Waals surface area contributed by atoms with Gasteiger partial charge >= 0.3 is 12.0 Å². The molecule has 1 aliphatic heterocycles. The number of rotatable bonds is 6. The molecule has 1 saturated heterocycles. The second-order valence-corrected chi connectivity index (χ2v) is 4.75. The molecule has 1 heterocycles. The van der Waals surface area contributed by atoms with Gasteiger partial charge in [-0.3, -0.25) is 4.79 Å². The van der Waals surface area contributed by atoms with E-state index in [1.807, 2.05) is 0 Å². The molecule has 19 heavy (non-hydrogen) atoms. The van der Waals surface area contributed by atoms with E-state index in [0.717, 1.165) is 0 Å². The molecule has 0 aromatic carbocycles. The first-order chi connectivity index (χ1) is 9.08. The van der Waals surface area contributed by atoms with Gasteiger partial charge in [-0.1, -0.05) is 0 Å². The Hall–Kier alpha value is -1.34. The standard InChI is InChI=1S/C12H22N2O5/c15-7-5-14(6-8-16)12(19)13-3-1-10(2-4-13)9-11(17)18/h10,15-16H,1-9H2,(H,17,18). The maximum atomic E-state index is 12.1. The zero-order valence-electron chi connectivity index (χ0n) is 11.0. The van der Waals surface area contributed by atoms with Crippen molar-refractivity contribution in [1.29, 1.82) is 0 Å². The fourth-order valence-corrected chi connectivity index (χ4v) is 2.32. The Morgan fingerprint density at radius 1 is 1.11 bits per heavy atom. The molecule has 0 radical (unpaired) electrons. The summed E-state index contributed by atoms with van der Waals surface area (Å²) in [6.07, 6.45) is 1.52. The molecule has 3 N–H and O–H groups in total. The van der Waals surface area contributed by atoms with Crippen LogP contribution in [0.25, 0.3) is 0 Å². The van der Waals surface area contributed by atoms with Crippen LogP contribution in [0.15, 0.2) is 0 Å². The van der Waals surface area contributed by atoms with Gasteiger partial charge < -0.3 is 25.1 Å². The molecule has 1 aliphatic rings. The van der Waals surface area contributed by atoms with Crippen molar-refractivity contribution >= 4 is 12.0 Å². The predicted molar refractivity (Wildman–Crippen MR) is 67.7 cm³/mol. The highest BCUT2D eigenvalue weighted by Gasteiger charge is 2.26. The average Bonchev–Trinajstić information content (AvgIpc) is 2.38. The molecule has 0 saturated carbocycles. The lowest BCUT2D eigenvalue weighted by molar-refractivity contribution is -0.138. The number of likely N-dealkylation sites (tertiary alicyclic amines) is 1. The normalized spacial score (nSPS) is 16.4. The van der Waals surface area contributed by atoms with E-state index in [0.29, 0.717) is 25.9 Å². The van der Waals surface area contributed by atoms with Gasteiger partial charge in [-0.2, -0.15) is 0 Å². The highest BCUT2D eigenvalue weighted by molar-refractivity contribution is 5.74. The predicted octanol–water partition coefficient (Wildman–Crippen LogP) is -0.420. The van der Waals surface area contributed by atoms with Crippen molar-refractivity contribution in [2.45, 2.75) is 19.3 Å². The van der Waals surface area contributed by atoms with Crippen molar-refractivity contribution < 1.29 is 24.9 Å². The zero-order valence-corrected chi connectivity index (χ0v) is 11.0. The number of piperidine rings is 1. The van der Waals surface area contributed by atoms with Crippen molar-refractivity contribution in [3.05, 3.63) is 0 Å². The lowest BCUT2D eigenvalue weighted by atomic mass is 9.94. The minimum Gasteiger partial charge on any atom is -0.481 e. The number of carbonyl (C=O) groups is 2. The number of carboxylic acid groups (broad SMARTS) is 1. The molecule has 0 aromatic heterocycles. The van der Waals surface area contributed by atoms with Crippen LogP contribution in [0.3, 0.4) is 0 Å². The number of carbonyl (C=O) groups excluding carboxylic acids is 1. The fraction of sp³-hybridized carbons (Fsp3) is 0.833. The summed E-state index contributed by atoms with van der Waals surface area (Å²) < 4.78 is 0. The number of carboxylic acids is 1.